The van der Waals surface area contributed by atoms with Crippen molar-refractivity contribution in [2.75, 3.05) is 19.8 Å². The lowest BCUT2D eigenvalue weighted by atomic mass is 10.1. The first-order chi connectivity index (χ1) is 27.6. The summed E-state index contributed by atoms with van der Waals surface area (Å²) in [5, 5.41) is 0. The molecular weight excluding hydrogens is 693 g/mol. The molecule has 5 nitrogen and oxygen atoms in total. The van der Waals surface area contributed by atoms with Crippen molar-refractivity contribution in [3.05, 3.63) is 48.6 Å². The van der Waals surface area contributed by atoms with E-state index in [1.165, 1.54) is 128 Å². The van der Waals surface area contributed by atoms with Crippen molar-refractivity contribution in [3.63, 3.8) is 0 Å². The lowest BCUT2D eigenvalue weighted by Gasteiger charge is -2.18. The molecule has 0 aliphatic carbocycles. The summed E-state index contributed by atoms with van der Waals surface area (Å²) >= 11 is 0. The minimum absolute atomic E-state index is 0.0743. The van der Waals surface area contributed by atoms with Crippen LogP contribution >= 0.6 is 0 Å². The molecule has 326 valence electrons. The first kappa shape index (κ1) is 53.9. The number of carbonyl (C=O) groups is 2. The maximum Gasteiger partial charge on any atom is 0.306 e. The van der Waals surface area contributed by atoms with Crippen LogP contribution in [0.3, 0.4) is 0 Å². The maximum absolute atomic E-state index is 12.7. The molecule has 1 unspecified atom stereocenters. The number of ether oxygens (including phenoxy) is 3. The van der Waals surface area contributed by atoms with Gasteiger partial charge in [0.2, 0.25) is 0 Å². The summed E-state index contributed by atoms with van der Waals surface area (Å²) in [7, 11) is 0. The molecule has 56 heavy (non-hydrogen) atoms. The Morgan fingerprint density at radius 1 is 0.411 bits per heavy atom. The molecule has 0 bridgehead atoms. The fourth-order valence-electron chi connectivity index (χ4n) is 6.75. The van der Waals surface area contributed by atoms with Gasteiger partial charge in [-0.1, -0.05) is 198 Å². The van der Waals surface area contributed by atoms with E-state index in [1.807, 2.05) is 0 Å². The zero-order chi connectivity index (χ0) is 40.7. The molecule has 0 fully saturated rings. The van der Waals surface area contributed by atoms with Crippen molar-refractivity contribution in [2.45, 2.75) is 245 Å². The third kappa shape index (κ3) is 44.6. The quantitative estimate of drug-likeness (QED) is 0.0350. The van der Waals surface area contributed by atoms with Crippen LogP contribution in [0.1, 0.15) is 239 Å². The van der Waals surface area contributed by atoms with Crippen molar-refractivity contribution in [1.82, 2.24) is 0 Å². The van der Waals surface area contributed by atoms with E-state index in [2.05, 4.69) is 69.4 Å². The van der Waals surface area contributed by atoms with E-state index in [1.54, 1.807) is 0 Å². The summed E-state index contributed by atoms with van der Waals surface area (Å²) in [4.78, 5) is 25.3. The van der Waals surface area contributed by atoms with E-state index in [4.69, 9.17) is 14.2 Å². The van der Waals surface area contributed by atoms with Gasteiger partial charge in [0, 0.05) is 19.4 Å². The first-order valence-electron chi connectivity index (χ1n) is 24.2. The zero-order valence-corrected chi connectivity index (χ0v) is 37.4. The number of hydrogen-bond donors (Lipinski definition) is 0. The lowest BCUT2D eigenvalue weighted by Crippen LogP contribution is -2.30. The SMILES string of the molecule is CC/C=C\C/C=C\C/C=C\CCCCCCOCC(COC(=O)CCCCCCC/C=C\CCCCCCCC)OC(=O)CCCCCCCCCCCCC. The van der Waals surface area contributed by atoms with Crippen LogP contribution in [-0.4, -0.2) is 37.9 Å². The molecule has 5 heteroatoms. The Labute approximate surface area is 348 Å². The number of rotatable bonds is 44. The van der Waals surface area contributed by atoms with Gasteiger partial charge >= 0.3 is 11.9 Å². The van der Waals surface area contributed by atoms with Gasteiger partial charge in [0.15, 0.2) is 6.10 Å². The summed E-state index contributed by atoms with van der Waals surface area (Å²) in [5.41, 5.74) is 0. The van der Waals surface area contributed by atoms with Crippen LogP contribution in [0.5, 0.6) is 0 Å². The van der Waals surface area contributed by atoms with Crippen LogP contribution in [0.15, 0.2) is 48.6 Å². The van der Waals surface area contributed by atoms with Gasteiger partial charge in [-0.15, -0.1) is 0 Å². The molecular formula is C51H92O5. The Bertz CT molecular complexity index is 935. The topological polar surface area (TPSA) is 61.8 Å². The lowest BCUT2D eigenvalue weighted by molar-refractivity contribution is -0.163. The highest BCUT2D eigenvalue weighted by Gasteiger charge is 2.17. The minimum Gasteiger partial charge on any atom is -0.462 e. The second-order valence-corrected chi connectivity index (χ2v) is 16.0. The first-order valence-corrected chi connectivity index (χ1v) is 24.2. The smallest absolute Gasteiger partial charge is 0.306 e. The van der Waals surface area contributed by atoms with E-state index in [9.17, 15) is 9.59 Å². The minimum atomic E-state index is -0.546. The number of unbranched alkanes of at least 4 members (excludes halogenated alkanes) is 25. The largest absolute Gasteiger partial charge is 0.462 e. The third-order valence-corrected chi connectivity index (χ3v) is 10.3. The molecule has 0 spiro atoms. The number of hydrogen-bond acceptors (Lipinski definition) is 5. The van der Waals surface area contributed by atoms with Crippen LogP contribution in [0.4, 0.5) is 0 Å². The normalized spacial score (nSPS) is 12.6. The van der Waals surface area contributed by atoms with Crippen LogP contribution in [0.25, 0.3) is 0 Å². The van der Waals surface area contributed by atoms with Crippen molar-refractivity contribution in [2.24, 2.45) is 0 Å². The summed E-state index contributed by atoms with van der Waals surface area (Å²) in [6, 6.07) is 0. The Kier molecular flexibility index (Phi) is 45.4. The molecule has 0 aromatic heterocycles. The summed E-state index contributed by atoms with van der Waals surface area (Å²) < 4.78 is 17.3. The number of esters is 2. The predicted octanol–water partition coefficient (Wildman–Crippen LogP) is 16.0. The highest BCUT2D eigenvalue weighted by atomic mass is 16.6. The second kappa shape index (κ2) is 47.2. The summed E-state index contributed by atoms with van der Waals surface area (Å²) in [6.07, 6.45) is 56.8. The maximum atomic E-state index is 12.7. The molecule has 0 aromatic rings. The van der Waals surface area contributed by atoms with Gasteiger partial charge < -0.3 is 14.2 Å². The van der Waals surface area contributed by atoms with Crippen molar-refractivity contribution < 1.29 is 23.8 Å². The standard InChI is InChI=1S/C51H92O5/c1-4-7-10-13-16-19-22-24-26-27-30-32-35-38-41-44-50(52)55-48-49(56-51(53)45-42-39-36-33-29-21-18-15-12-9-6-3)47-54-46-43-40-37-34-31-28-25-23-20-17-14-11-8-5-2/h8,11,17,20,24-26,28,49H,4-7,9-10,12-16,18-19,21-23,27,29-48H2,1-3H3/b11-8-,20-17-,26-24-,28-25-. The second-order valence-electron chi connectivity index (χ2n) is 16.0. The Balaban J connectivity index is 4.28. The van der Waals surface area contributed by atoms with Crippen molar-refractivity contribution >= 4 is 11.9 Å². The Hall–Kier alpha value is -2.14. The summed E-state index contributed by atoms with van der Waals surface area (Å²) in [5.74, 6) is -0.414. The average Bonchev–Trinajstić information content (AvgIpc) is 3.20. The van der Waals surface area contributed by atoms with Crippen molar-refractivity contribution in [1.29, 1.82) is 0 Å². The van der Waals surface area contributed by atoms with Gasteiger partial charge in [-0.3, -0.25) is 9.59 Å². The van der Waals surface area contributed by atoms with Gasteiger partial charge in [-0.2, -0.15) is 0 Å². The van der Waals surface area contributed by atoms with E-state index < -0.39 is 6.10 Å². The summed E-state index contributed by atoms with van der Waals surface area (Å²) in [6.45, 7) is 7.67. The molecule has 0 radical (unpaired) electrons. The van der Waals surface area contributed by atoms with Crippen LogP contribution in [0.2, 0.25) is 0 Å². The monoisotopic (exact) mass is 785 g/mol. The molecule has 0 aliphatic rings. The van der Waals surface area contributed by atoms with E-state index in [-0.39, 0.29) is 25.2 Å². The van der Waals surface area contributed by atoms with Crippen LogP contribution in [0, 0.1) is 0 Å². The van der Waals surface area contributed by atoms with Crippen molar-refractivity contribution in [3.8, 4) is 0 Å². The molecule has 0 saturated carbocycles. The van der Waals surface area contributed by atoms with Gasteiger partial charge in [0.1, 0.15) is 6.61 Å². The van der Waals surface area contributed by atoms with Gasteiger partial charge in [-0.25, -0.2) is 0 Å². The fourth-order valence-corrected chi connectivity index (χ4v) is 6.75. The molecule has 0 rings (SSSR count). The molecule has 0 N–H and O–H groups in total. The van der Waals surface area contributed by atoms with E-state index in [0.29, 0.717) is 19.4 Å². The number of carbonyl (C=O) groups excluding carboxylic acids is 2. The van der Waals surface area contributed by atoms with Crippen LogP contribution < -0.4 is 0 Å². The third-order valence-electron chi connectivity index (χ3n) is 10.3. The molecule has 0 aromatic carbocycles. The van der Waals surface area contributed by atoms with Gasteiger partial charge in [0.25, 0.3) is 0 Å². The fraction of sp³-hybridized carbons (Fsp3) is 0.804. The molecule has 1 atom stereocenters. The molecule has 0 aliphatic heterocycles. The Morgan fingerprint density at radius 2 is 0.804 bits per heavy atom. The molecule has 0 heterocycles. The Morgan fingerprint density at radius 3 is 1.30 bits per heavy atom. The molecule has 0 amide bonds. The molecule has 0 saturated heterocycles. The van der Waals surface area contributed by atoms with Gasteiger partial charge in [-0.05, 0) is 77.0 Å². The average molecular weight is 785 g/mol. The van der Waals surface area contributed by atoms with Gasteiger partial charge in [0.05, 0.1) is 6.61 Å². The zero-order valence-electron chi connectivity index (χ0n) is 37.4. The highest BCUT2D eigenvalue weighted by Crippen LogP contribution is 2.14. The van der Waals surface area contributed by atoms with E-state index >= 15 is 0 Å². The predicted molar refractivity (Wildman–Crippen MR) is 242 cm³/mol. The number of allylic oxidation sites excluding steroid dienone is 8. The highest BCUT2D eigenvalue weighted by molar-refractivity contribution is 5.70. The van der Waals surface area contributed by atoms with Crippen LogP contribution in [-0.2, 0) is 23.8 Å². The van der Waals surface area contributed by atoms with E-state index in [0.717, 1.165) is 77.0 Å².